The molecular weight excluding hydrogens is 350 g/mol. The fourth-order valence-corrected chi connectivity index (χ4v) is 2.65. The van der Waals surface area contributed by atoms with E-state index in [2.05, 4.69) is 15.5 Å². The number of ether oxygens (including phenoxy) is 3. The van der Waals surface area contributed by atoms with Crippen LogP contribution in [0.4, 0.5) is 5.69 Å². The van der Waals surface area contributed by atoms with Crippen LogP contribution < -0.4 is 19.5 Å². The summed E-state index contributed by atoms with van der Waals surface area (Å²) in [5.74, 6) is 2.62. The van der Waals surface area contributed by atoms with Crippen molar-refractivity contribution >= 4 is 11.6 Å². The second-order valence-corrected chi connectivity index (χ2v) is 5.85. The van der Waals surface area contributed by atoms with Crippen molar-refractivity contribution in [3.8, 4) is 28.7 Å². The van der Waals surface area contributed by atoms with Crippen molar-refractivity contribution in [3.63, 3.8) is 0 Å². The Morgan fingerprint density at radius 1 is 1.15 bits per heavy atom. The van der Waals surface area contributed by atoms with Gasteiger partial charge in [-0.15, -0.1) is 10.2 Å². The number of carbonyl (C=O) groups excluding carboxylic acids is 1. The van der Waals surface area contributed by atoms with Crippen LogP contribution in [-0.4, -0.2) is 30.0 Å². The van der Waals surface area contributed by atoms with E-state index in [0.717, 1.165) is 5.56 Å². The lowest BCUT2D eigenvalue weighted by atomic mass is 10.2. The monoisotopic (exact) mass is 367 g/mol. The van der Waals surface area contributed by atoms with Crippen molar-refractivity contribution in [2.45, 2.75) is 12.8 Å². The minimum Gasteiger partial charge on any atom is -0.497 e. The third kappa shape index (κ3) is 3.84. The lowest BCUT2D eigenvalue weighted by Gasteiger charge is -2.05. The average molecular weight is 367 g/mol. The normalized spacial score (nSPS) is 12.0. The molecule has 4 rings (SSSR count). The largest absolute Gasteiger partial charge is 0.497 e. The molecule has 0 spiro atoms. The molecule has 8 heteroatoms. The number of carbonyl (C=O) groups is 1. The van der Waals surface area contributed by atoms with Gasteiger partial charge in [0.2, 0.25) is 24.5 Å². The van der Waals surface area contributed by atoms with Crippen molar-refractivity contribution < 1.29 is 23.4 Å². The zero-order chi connectivity index (χ0) is 18.6. The molecule has 0 atom stereocenters. The number of aryl methyl sites for hydroxylation is 1. The van der Waals surface area contributed by atoms with E-state index >= 15 is 0 Å². The number of amides is 1. The zero-order valence-electron chi connectivity index (χ0n) is 14.6. The first kappa shape index (κ1) is 16.9. The maximum Gasteiger partial charge on any atom is 0.247 e. The molecule has 2 aromatic carbocycles. The van der Waals surface area contributed by atoms with Crippen LogP contribution in [-0.2, 0) is 11.2 Å². The first-order chi connectivity index (χ1) is 13.2. The van der Waals surface area contributed by atoms with Crippen molar-refractivity contribution in [1.82, 2.24) is 10.2 Å². The fraction of sp³-hybridized carbons (Fsp3) is 0.211. The van der Waals surface area contributed by atoms with Crippen LogP contribution in [0.1, 0.15) is 12.3 Å². The Bertz CT molecular complexity index is 969. The van der Waals surface area contributed by atoms with E-state index in [1.54, 1.807) is 25.3 Å². The Kier molecular flexibility index (Phi) is 4.61. The molecule has 2 heterocycles. The quantitative estimate of drug-likeness (QED) is 0.715. The summed E-state index contributed by atoms with van der Waals surface area (Å²) in [5.41, 5.74) is 1.41. The van der Waals surface area contributed by atoms with Crippen LogP contribution in [0.5, 0.6) is 17.2 Å². The number of nitrogens with one attached hydrogen (secondary N) is 1. The zero-order valence-corrected chi connectivity index (χ0v) is 14.6. The van der Waals surface area contributed by atoms with Gasteiger partial charge in [0.05, 0.1) is 7.11 Å². The van der Waals surface area contributed by atoms with Crippen LogP contribution in [0, 0.1) is 0 Å². The van der Waals surface area contributed by atoms with Gasteiger partial charge in [-0.05, 0) is 30.3 Å². The maximum absolute atomic E-state index is 12.2. The Morgan fingerprint density at radius 2 is 2.04 bits per heavy atom. The smallest absolute Gasteiger partial charge is 0.247 e. The molecule has 0 saturated carbocycles. The second-order valence-electron chi connectivity index (χ2n) is 5.85. The van der Waals surface area contributed by atoms with Crippen LogP contribution in [0.3, 0.4) is 0 Å². The lowest BCUT2D eigenvalue weighted by Crippen LogP contribution is -2.12. The van der Waals surface area contributed by atoms with Gasteiger partial charge in [0, 0.05) is 30.2 Å². The van der Waals surface area contributed by atoms with E-state index in [-0.39, 0.29) is 19.1 Å². The van der Waals surface area contributed by atoms with Crippen LogP contribution >= 0.6 is 0 Å². The molecular formula is C19H17N3O5. The summed E-state index contributed by atoms with van der Waals surface area (Å²) >= 11 is 0. The van der Waals surface area contributed by atoms with Gasteiger partial charge in [-0.2, -0.15) is 0 Å². The maximum atomic E-state index is 12.2. The SMILES string of the molecule is COc1cccc(-c2nnc(CCC(=O)Nc3ccc4c(c3)OCO4)o2)c1. The third-order valence-electron chi connectivity index (χ3n) is 4.01. The Labute approximate surface area is 155 Å². The Morgan fingerprint density at radius 3 is 2.93 bits per heavy atom. The number of aromatic nitrogens is 2. The summed E-state index contributed by atoms with van der Waals surface area (Å²) in [4.78, 5) is 12.2. The molecule has 1 N–H and O–H groups in total. The van der Waals surface area contributed by atoms with E-state index in [1.165, 1.54) is 0 Å². The first-order valence-electron chi connectivity index (χ1n) is 8.37. The molecule has 1 aromatic heterocycles. The fourth-order valence-electron chi connectivity index (χ4n) is 2.65. The van der Waals surface area contributed by atoms with Crippen molar-refractivity contribution in [2.75, 3.05) is 19.2 Å². The Hall–Kier alpha value is -3.55. The molecule has 0 saturated heterocycles. The number of fused-ring (bicyclic) bond motifs is 1. The predicted octanol–water partition coefficient (Wildman–Crippen LogP) is 3.05. The summed E-state index contributed by atoms with van der Waals surface area (Å²) < 4.78 is 21.4. The van der Waals surface area contributed by atoms with Gasteiger partial charge in [0.1, 0.15) is 5.75 Å². The van der Waals surface area contributed by atoms with E-state index in [4.69, 9.17) is 18.6 Å². The van der Waals surface area contributed by atoms with E-state index in [9.17, 15) is 4.79 Å². The summed E-state index contributed by atoms with van der Waals surface area (Å²) in [6.45, 7) is 0.194. The summed E-state index contributed by atoms with van der Waals surface area (Å²) in [7, 11) is 1.59. The number of anilines is 1. The molecule has 1 amide bonds. The van der Waals surface area contributed by atoms with Crippen molar-refractivity contribution in [3.05, 3.63) is 48.4 Å². The van der Waals surface area contributed by atoms with Gasteiger partial charge < -0.3 is 23.9 Å². The van der Waals surface area contributed by atoms with Gasteiger partial charge in [0.15, 0.2) is 11.5 Å². The molecule has 0 fully saturated rings. The molecule has 3 aromatic rings. The van der Waals surface area contributed by atoms with Crippen molar-refractivity contribution in [1.29, 1.82) is 0 Å². The summed E-state index contributed by atoms with van der Waals surface area (Å²) in [5, 5.41) is 10.8. The first-order valence-corrected chi connectivity index (χ1v) is 8.37. The molecule has 0 unspecified atom stereocenters. The minimum atomic E-state index is -0.157. The number of hydrogen-bond acceptors (Lipinski definition) is 7. The average Bonchev–Trinajstić information content (AvgIpc) is 3.35. The lowest BCUT2D eigenvalue weighted by molar-refractivity contribution is -0.116. The van der Waals surface area contributed by atoms with Crippen LogP contribution in [0.2, 0.25) is 0 Å². The van der Waals surface area contributed by atoms with Gasteiger partial charge >= 0.3 is 0 Å². The number of benzene rings is 2. The molecule has 8 nitrogen and oxygen atoms in total. The highest BCUT2D eigenvalue weighted by Gasteiger charge is 2.15. The standard InChI is InChI=1S/C19H17N3O5/c1-24-14-4-2-3-12(9-14)19-22-21-18(27-19)8-7-17(23)20-13-5-6-15-16(10-13)26-11-25-15/h2-6,9-10H,7-8,11H2,1H3,(H,20,23). The van der Waals surface area contributed by atoms with Crippen LogP contribution in [0.15, 0.2) is 46.9 Å². The van der Waals surface area contributed by atoms with Gasteiger partial charge in [-0.1, -0.05) is 6.07 Å². The summed E-state index contributed by atoms with van der Waals surface area (Å²) in [6, 6.07) is 12.6. The minimum absolute atomic E-state index is 0.157. The van der Waals surface area contributed by atoms with E-state index < -0.39 is 0 Å². The summed E-state index contributed by atoms with van der Waals surface area (Å²) in [6.07, 6.45) is 0.557. The Balaban J connectivity index is 1.35. The molecule has 1 aliphatic heterocycles. The molecule has 0 radical (unpaired) electrons. The van der Waals surface area contributed by atoms with Gasteiger partial charge in [-0.25, -0.2) is 0 Å². The molecule has 27 heavy (non-hydrogen) atoms. The highest BCUT2D eigenvalue weighted by molar-refractivity contribution is 5.91. The van der Waals surface area contributed by atoms with Gasteiger partial charge in [0.25, 0.3) is 0 Å². The predicted molar refractivity (Wildman–Crippen MR) is 95.8 cm³/mol. The molecule has 0 bridgehead atoms. The number of hydrogen-bond donors (Lipinski definition) is 1. The van der Waals surface area contributed by atoms with Gasteiger partial charge in [-0.3, -0.25) is 4.79 Å². The molecule has 138 valence electrons. The number of nitrogens with zero attached hydrogens (tertiary/aromatic N) is 2. The molecule has 0 aliphatic carbocycles. The van der Waals surface area contributed by atoms with E-state index in [0.29, 0.717) is 41.1 Å². The van der Waals surface area contributed by atoms with E-state index in [1.807, 2.05) is 24.3 Å². The number of rotatable bonds is 6. The second kappa shape index (κ2) is 7.36. The number of methoxy groups -OCH3 is 1. The van der Waals surface area contributed by atoms with Crippen LogP contribution in [0.25, 0.3) is 11.5 Å². The topological polar surface area (TPSA) is 95.7 Å². The highest BCUT2D eigenvalue weighted by Crippen LogP contribution is 2.34. The molecule has 1 aliphatic rings. The van der Waals surface area contributed by atoms with Crippen molar-refractivity contribution in [2.24, 2.45) is 0 Å². The third-order valence-corrected chi connectivity index (χ3v) is 4.01. The highest BCUT2D eigenvalue weighted by atomic mass is 16.7.